The number of piperidine rings is 1. The molecule has 0 saturated carbocycles. The minimum Gasteiger partial charge on any atom is -0.465 e. The van der Waals surface area contributed by atoms with Gasteiger partial charge in [0.15, 0.2) is 6.10 Å². The van der Waals surface area contributed by atoms with Crippen molar-refractivity contribution in [2.45, 2.75) is 69.8 Å². The van der Waals surface area contributed by atoms with E-state index in [1.807, 2.05) is 36.1 Å². The number of hydrogen-bond donors (Lipinski definition) is 2. The number of rotatable bonds is 11. The standard InChI is InChI=1S/C38H49ClF3N7O6/c1-2-3-18-54-33(50)24-45-22-28(23-45)46-14-16-47(17-15-46)35(51)32(21-25-19-29(38(40,41)42)34(43)30(39)20-25)55-37(53)48-11-9-27(10-12-48)49-13-8-26-6-4-5-7-31(26)44-36(49)52/h4-7,19-20,27-28,32H,2-3,8-18,21-24,43H2,1H3,(H,44,52)/t32-/m1/s1. The number of halogens is 4. The highest BCUT2D eigenvalue weighted by Crippen LogP contribution is 2.38. The van der Waals surface area contributed by atoms with Gasteiger partial charge in [0.2, 0.25) is 0 Å². The zero-order chi connectivity index (χ0) is 39.3. The number of anilines is 2. The van der Waals surface area contributed by atoms with Crippen LogP contribution in [0.15, 0.2) is 36.4 Å². The number of nitrogens with zero attached hydrogens (tertiary/aromatic N) is 5. The first-order valence-corrected chi connectivity index (χ1v) is 19.4. The molecule has 55 heavy (non-hydrogen) atoms. The second-order valence-corrected chi connectivity index (χ2v) is 15.1. The van der Waals surface area contributed by atoms with E-state index >= 15 is 0 Å². The Hall–Kier alpha value is -4.28. The van der Waals surface area contributed by atoms with Gasteiger partial charge in [-0.1, -0.05) is 43.1 Å². The van der Waals surface area contributed by atoms with Crippen LogP contribution in [0.4, 0.5) is 34.1 Å². The molecule has 4 aliphatic heterocycles. The number of carbonyl (C=O) groups excluding carboxylic acids is 4. The van der Waals surface area contributed by atoms with Crippen molar-refractivity contribution in [1.29, 1.82) is 0 Å². The zero-order valence-corrected chi connectivity index (χ0v) is 31.7. The molecule has 6 rings (SSSR count). The van der Waals surface area contributed by atoms with E-state index in [4.69, 9.17) is 26.8 Å². The van der Waals surface area contributed by atoms with Gasteiger partial charge >= 0.3 is 24.3 Å². The summed E-state index contributed by atoms with van der Waals surface area (Å²) in [5.41, 5.74) is 5.78. The van der Waals surface area contributed by atoms with Gasteiger partial charge in [0.25, 0.3) is 5.91 Å². The number of urea groups is 1. The quantitative estimate of drug-likeness (QED) is 0.188. The third kappa shape index (κ3) is 9.94. The van der Waals surface area contributed by atoms with E-state index in [-0.39, 0.29) is 60.7 Å². The third-order valence-electron chi connectivity index (χ3n) is 10.9. The highest BCUT2D eigenvalue weighted by Gasteiger charge is 2.39. The van der Waals surface area contributed by atoms with Gasteiger partial charge in [-0.3, -0.25) is 19.4 Å². The Morgan fingerprint density at radius 1 is 0.982 bits per heavy atom. The molecule has 300 valence electrons. The molecule has 3 N–H and O–H groups in total. The van der Waals surface area contributed by atoms with E-state index in [1.165, 1.54) is 11.0 Å². The van der Waals surface area contributed by atoms with Crippen molar-refractivity contribution >= 4 is 47.0 Å². The maximum absolute atomic E-state index is 14.0. The van der Waals surface area contributed by atoms with Crippen LogP contribution in [0.3, 0.4) is 0 Å². The van der Waals surface area contributed by atoms with Crippen molar-refractivity contribution < 1.29 is 41.8 Å². The molecule has 0 bridgehead atoms. The lowest BCUT2D eigenvalue weighted by molar-refractivity contribution is -0.148. The molecule has 4 amide bonds. The van der Waals surface area contributed by atoms with Crippen LogP contribution < -0.4 is 11.1 Å². The zero-order valence-electron chi connectivity index (χ0n) is 31.0. The van der Waals surface area contributed by atoms with E-state index in [2.05, 4.69) is 10.2 Å². The number of para-hydroxylation sites is 1. The predicted molar refractivity (Wildman–Crippen MR) is 200 cm³/mol. The van der Waals surface area contributed by atoms with Crippen molar-refractivity contribution in [3.63, 3.8) is 0 Å². The number of nitrogen functional groups attached to an aromatic ring is 1. The number of likely N-dealkylation sites (tertiary alicyclic amines) is 2. The van der Waals surface area contributed by atoms with Crippen molar-refractivity contribution in [3.05, 3.63) is 58.1 Å². The van der Waals surface area contributed by atoms with Crippen LogP contribution in [0.5, 0.6) is 0 Å². The van der Waals surface area contributed by atoms with Gasteiger partial charge in [0.05, 0.1) is 29.4 Å². The number of esters is 1. The van der Waals surface area contributed by atoms with Crippen molar-refractivity contribution in [1.82, 2.24) is 24.5 Å². The number of hydrogen-bond acceptors (Lipinski definition) is 9. The summed E-state index contributed by atoms with van der Waals surface area (Å²) in [5, 5.41) is 2.66. The van der Waals surface area contributed by atoms with Crippen LogP contribution in [0, 0.1) is 0 Å². The van der Waals surface area contributed by atoms with E-state index in [0.29, 0.717) is 71.7 Å². The molecular weight excluding hydrogens is 743 g/mol. The van der Waals surface area contributed by atoms with Crippen LogP contribution in [0.2, 0.25) is 5.02 Å². The number of alkyl halides is 3. The maximum atomic E-state index is 14.0. The summed E-state index contributed by atoms with van der Waals surface area (Å²) in [6, 6.07) is 9.65. The Balaban J connectivity index is 1.07. The monoisotopic (exact) mass is 791 g/mol. The van der Waals surface area contributed by atoms with Crippen LogP contribution in [0.1, 0.15) is 49.3 Å². The third-order valence-corrected chi connectivity index (χ3v) is 11.2. The predicted octanol–water partition coefficient (Wildman–Crippen LogP) is 4.72. The molecule has 0 aromatic heterocycles. The lowest BCUT2D eigenvalue weighted by atomic mass is 10.0. The first-order valence-electron chi connectivity index (χ1n) is 19.0. The Kier molecular flexibility index (Phi) is 13.0. The lowest BCUT2D eigenvalue weighted by Crippen LogP contribution is -2.64. The summed E-state index contributed by atoms with van der Waals surface area (Å²) in [4.78, 5) is 61.9. The molecule has 0 spiro atoms. The number of nitrogens with one attached hydrogen (secondary N) is 1. The van der Waals surface area contributed by atoms with Crippen LogP contribution in [-0.4, -0.2) is 139 Å². The average Bonchev–Trinajstić information content (AvgIpc) is 3.31. The minimum atomic E-state index is -4.79. The molecule has 4 heterocycles. The van der Waals surface area contributed by atoms with E-state index in [1.54, 1.807) is 9.80 Å². The summed E-state index contributed by atoms with van der Waals surface area (Å²) in [7, 11) is 0. The summed E-state index contributed by atoms with van der Waals surface area (Å²) in [5.74, 6) is -0.761. The molecule has 3 saturated heterocycles. The Bertz CT molecular complexity index is 1710. The molecule has 13 nitrogen and oxygen atoms in total. The molecule has 3 fully saturated rings. The number of benzene rings is 2. The fourth-order valence-electron chi connectivity index (χ4n) is 7.69. The summed E-state index contributed by atoms with van der Waals surface area (Å²) < 4.78 is 52.7. The van der Waals surface area contributed by atoms with Gasteiger partial charge < -0.3 is 35.2 Å². The molecule has 0 radical (unpaired) electrons. The number of unbranched alkanes of at least 4 members (excludes halogenated alkanes) is 1. The van der Waals surface area contributed by atoms with E-state index in [0.717, 1.165) is 30.2 Å². The number of carbonyl (C=O) groups is 4. The molecular formula is C38H49ClF3N7O6. The van der Waals surface area contributed by atoms with Crippen LogP contribution in [-0.2, 0) is 38.1 Å². The topological polar surface area (TPSA) is 141 Å². The molecule has 1 atom stereocenters. The van der Waals surface area contributed by atoms with Gasteiger partial charge in [0.1, 0.15) is 0 Å². The van der Waals surface area contributed by atoms with Gasteiger partial charge in [0, 0.05) is 83.1 Å². The second kappa shape index (κ2) is 17.7. The maximum Gasteiger partial charge on any atom is 0.418 e. The van der Waals surface area contributed by atoms with Gasteiger partial charge in [-0.25, -0.2) is 9.59 Å². The minimum absolute atomic E-state index is 0.0472. The smallest absolute Gasteiger partial charge is 0.418 e. The molecule has 4 aliphatic rings. The summed E-state index contributed by atoms with van der Waals surface area (Å²) in [6.45, 7) is 6.87. The van der Waals surface area contributed by atoms with Gasteiger partial charge in [-0.2, -0.15) is 13.2 Å². The van der Waals surface area contributed by atoms with E-state index < -0.39 is 35.5 Å². The highest BCUT2D eigenvalue weighted by atomic mass is 35.5. The van der Waals surface area contributed by atoms with Gasteiger partial charge in [-0.15, -0.1) is 0 Å². The Morgan fingerprint density at radius 2 is 1.69 bits per heavy atom. The molecule has 17 heteroatoms. The molecule has 0 aliphatic carbocycles. The summed E-state index contributed by atoms with van der Waals surface area (Å²) in [6.07, 6.45) is -3.88. The normalized spacial score (nSPS) is 19.6. The second-order valence-electron chi connectivity index (χ2n) is 14.6. The largest absolute Gasteiger partial charge is 0.465 e. The Labute approximate surface area is 323 Å². The number of piperazine rings is 1. The fraction of sp³-hybridized carbons (Fsp3) is 0.579. The van der Waals surface area contributed by atoms with Crippen molar-refractivity contribution in [3.8, 4) is 0 Å². The average molecular weight is 792 g/mol. The summed E-state index contributed by atoms with van der Waals surface area (Å²) >= 11 is 6.12. The number of nitrogens with two attached hydrogens (primary N) is 1. The fourth-order valence-corrected chi connectivity index (χ4v) is 7.93. The lowest BCUT2D eigenvalue weighted by Gasteiger charge is -2.48. The van der Waals surface area contributed by atoms with Crippen molar-refractivity contribution in [2.24, 2.45) is 0 Å². The first kappa shape index (κ1) is 40.4. The van der Waals surface area contributed by atoms with Gasteiger partial charge in [-0.05, 0) is 55.0 Å². The first-order chi connectivity index (χ1) is 26.3. The molecule has 2 aromatic rings. The molecule has 2 aromatic carbocycles. The Morgan fingerprint density at radius 3 is 2.38 bits per heavy atom. The van der Waals surface area contributed by atoms with Crippen LogP contribution in [0.25, 0.3) is 0 Å². The number of fused-ring (bicyclic) bond motifs is 1. The van der Waals surface area contributed by atoms with Crippen LogP contribution >= 0.6 is 11.6 Å². The SMILES string of the molecule is CCCCOC(=O)CN1CC(N2CCN(C(=O)[C@@H](Cc3cc(Cl)c(N)c(C(F)(F)F)c3)OC(=O)N3CCC(N4CCc5ccccc5NC4=O)CC3)CC2)C1. The molecule has 0 unspecified atom stereocenters. The highest BCUT2D eigenvalue weighted by molar-refractivity contribution is 6.33. The number of amides is 4. The number of ether oxygens (including phenoxy) is 2. The van der Waals surface area contributed by atoms with E-state index in [9.17, 15) is 32.3 Å². The van der Waals surface area contributed by atoms with Crippen molar-refractivity contribution in [2.75, 3.05) is 83.1 Å².